The topological polar surface area (TPSA) is 93.2 Å². The lowest BCUT2D eigenvalue weighted by atomic mass is 9.96. The Hall–Kier alpha value is -2.38. The number of rotatable bonds is 6. The van der Waals surface area contributed by atoms with E-state index in [9.17, 15) is 9.59 Å². The maximum atomic E-state index is 12.6. The summed E-state index contributed by atoms with van der Waals surface area (Å²) in [5.74, 6) is -0.120. The molecule has 3 N–H and O–H groups in total. The minimum atomic E-state index is -0.147. The molecule has 7 nitrogen and oxygen atoms in total. The van der Waals surface area contributed by atoms with Gasteiger partial charge in [0, 0.05) is 32.4 Å². The molecule has 2 aromatic rings. The SMILES string of the molecule is Cl.NCCNC(=O)C1CCCN(C(=O)Cc2cnn(-c3ccccc3)c2)C1. The van der Waals surface area contributed by atoms with E-state index in [0.29, 0.717) is 32.6 Å². The third-order valence-electron chi connectivity index (χ3n) is 4.60. The number of carbonyl (C=O) groups excluding carboxylic acids is 2. The summed E-state index contributed by atoms with van der Waals surface area (Å²) in [7, 11) is 0. The molecule has 2 heterocycles. The molecule has 0 radical (unpaired) electrons. The van der Waals surface area contributed by atoms with Gasteiger partial charge in [0.15, 0.2) is 0 Å². The molecular weight excluding hydrogens is 366 g/mol. The van der Waals surface area contributed by atoms with Crippen molar-refractivity contribution in [3.8, 4) is 5.69 Å². The van der Waals surface area contributed by atoms with Crippen molar-refractivity contribution in [1.82, 2.24) is 20.0 Å². The second-order valence-corrected chi connectivity index (χ2v) is 6.56. The minimum absolute atomic E-state index is 0. The highest BCUT2D eigenvalue weighted by molar-refractivity contribution is 5.85. The van der Waals surface area contributed by atoms with Crippen LogP contribution < -0.4 is 11.1 Å². The molecule has 1 aromatic carbocycles. The molecule has 2 amide bonds. The van der Waals surface area contributed by atoms with E-state index in [0.717, 1.165) is 24.1 Å². The first-order valence-electron chi connectivity index (χ1n) is 9.02. The molecule has 1 aromatic heterocycles. The van der Waals surface area contributed by atoms with Crippen LogP contribution in [0.15, 0.2) is 42.7 Å². The van der Waals surface area contributed by atoms with Gasteiger partial charge in [0.25, 0.3) is 0 Å². The number of nitrogens with two attached hydrogens (primary N) is 1. The van der Waals surface area contributed by atoms with Crippen molar-refractivity contribution in [2.45, 2.75) is 19.3 Å². The van der Waals surface area contributed by atoms with Crippen LogP contribution in [0.2, 0.25) is 0 Å². The van der Waals surface area contributed by atoms with E-state index >= 15 is 0 Å². The highest BCUT2D eigenvalue weighted by Gasteiger charge is 2.28. The van der Waals surface area contributed by atoms with Crippen molar-refractivity contribution in [3.05, 3.63) is 48.3 Å². The van der Waals surface area contributed by atoms with Crippen molar-refractivity contribution >= 4 is 24.2 Å². The van der Waals surface area contributed by atoms with E-state index in [-0.39, 0.29) is 30.1 Å². The van der Waals surface area contributed by atoms with E-state index in [1.807, 2.05) is 36.5 Å². The van der Waals surface area contributed by atoms with Crippen LogP contribution in [0.5, 0.6) is 0 Å². The quantitative estimate of drug-likeness (QED) is 0.772. The molecule has 8 heteroatoms. The van der Waals surface area contributed by atoms with Crippen molar-refractivity contribution in [2.75, 3.05) is 26.2 Å². The zero-order valence-corrected chi connectivity index (χ0v) is 16.0. The average molecular weight is 392 g/mol. The number of para-hydroxylation sites is 1. The fourth-order valence-electron chi connectivity index (χ4n) is 3.22. The van der Waals surface area contributed by atoms with Gasteiger partial charge in [0.1, 0.15) is 0 Å². The number of carbonyl (C=O) groups is 2. The number of benzene rings is 1. The first-order chi connectivity index (χ1) is 12.7. The maximum absolute atomic E-state index is 12.6. The van der Waals surface area contributed by atoms with Crippen LogP contribution in [-0.2, 0) is 16.0 Å². The van der Waals surface area contributed by atoms with Crippen LogP contribution in [-0.4, -0.2) is 52.7 Å². The van der Waals surface area contributed by atoms with Crippen molar-refractivity contribution in [3.63, 3.8) is 0 Å². The number of aromatic nitrogens is 2. The van der Waals surface area contributed by atoms with Crippen LogP contribution in [0.25, 0.3) is 5.69 Å². The second kappa shape index (κ2) is 10.1. The predicted octanol–water partition coefficient (Wildman–Crippen LogP) is 1.15. The Balaban J connectivity index is 0.00000261. The lowest BCUT2D eigenvalue weighted by Crippen LogP contribution is -2.46. The zero-order valence-electron chi connectivity index (χ0n) is 15.2. The van der Waals surface area contributed by atoms with Gasteiger partial charge in [-0.2, -0.15) is 5.10 Å². The Morgan fingerprint density at radius 2 is 2.04 bits per heavy atom. The molecule has 1 atom stereocenters. The maximum Gasteiger partial charge on any atom is 0.227 e. The number of likely N-dealkylation sites (tertiary alicyclic amines) is 1. The number of amides is 2. The Morgan fingerprint density at radius 3 is 2.78 bits per heavy atom. The first-order valence-corrected chi connectivity index (χ1v) is 9.02. The van der Waals surface area contributed by atoms with Crippen LogP contribution in [0.3, 0.4) is 0 Å². The fourth-order valence-corrected chi connectivity index (χ4v) is 3.22. The molecule has 0 aliphatic carbocycles. The Kier molecular flexibility index (Phi) is 7.82. The Bertz CT molecular complexity index is 750. The van der Waals surface area contributed by atoms with Gasteiger partial charge in [-0.15, -0.1) is 12.4 Å². The molecule has 146 valence electrons. The smallest absolute Gasteiger partial charge is 0.227 e. The van der Waals surface area contributed by atoms with Crippen molar-refractivity contribution in [2.24, 2.45) is 11.7 Å². The van der Waals surface area contributed by atoms with Gasteiger partial charge in [0.05, 0.1) is 24.2 Å². The van der Waals surface area contributed by atoms with Crippen LogP contribution >= 0.6 is 12.4 Å². The molecule has 1 fully saturated rings. The van der Waals surface area contributed by atoms with Gasteiger partial charge in [-0.1, -0.05) is 18.2 Å². The third-order valence-corrected chi connectivity index (χ3v) is 4.60. The number of nitrogens with zero attached hydrogens (tertiary/aromatic N) is 3. The average Bonchev–Trinajstić information content (AvgIpc) is 3.15. The summed E-state index contributed by atoms with van der Waals surface area (Å²) in [6.07, 6.45) is 5.55. The van der Waals surface area contributed by atoms with Crippen molar-refractivity contribution in [1.29, 1.82) is 0 Å². The van der Waals surface area contributed by atoms with Crippen LogP contribution in [0, 0.1) is 5.92 Å². The number of nitrogens with one attached hydrogen (secondary N) is 1. The summed E-state index contributed by atoms with van der Waals surface area (Å²) in [4.78, 5) is 26.5. The molecule has 1 unspecified atom stereocenters. The Morgan fingerprint density at radius 1 is 1.26 bits per heavy atom. The number of hydrogen-bond acceptors (Lipinski definition) is 4. The minimum Gasteiger partial charge on any atom is -0.355 e. The summed E-state index contributed by atoms with van der Waals surface area (Å²) in [6, 6.07) is 9.78. The van der Waals surface area contributed by atoms with Crippen LogP contribution in [0.1, 0.15) is 18.4 Å². The summed E-state index contributed by atoms with van der Waals surface area (Å²) < 4.78 is 1.77. The van der Waals surface area contributed by atoms with Crippen LogP contribution in [0.4, 0.5) is 0 Å². The molecule has 0 bridgehead atoms. The number of hydrogen-bond donors (Lipinski definition) is 2. The second-order valence-electron chi connectivity index (χ2n) is 6.56. The molecule has 0 saturated carbocycles. The van der Waals surface area contributed by atoms with Gasteiger partial charge in [0.2, 0.25) is 11.8 Å². The zero-order chi connectivity index (χ0) is 18.4. The summed E-state index contributed by atoms with van der Waals surface area (Å²) in [5.41, 5.74) is 7.25. The molecule has 3 rings (SSSR count). The first kappa shape index (κ1) is 20.9. The standard InChI is InChI=1S/C19H25N5O2.ClH/c20-8-9-21-19(26)16-5-4-10-23(14-16)18(25)11-15-12-22-24(13-15)17-6-2-1-3-7-17;/h1-3,6-7,12-13,16H,4-5,8-11,14,20H2,(H,21,26);1H. The van der Waals surface area contributed by atoms with Gasteiger partial charge < -0.3 is 16.0 Å². The van der Waals surface area contributed by atoms with E-state index in [1.165, 1.54) is 0 Å². The number of halogens is 1. The molecule has 1 aliphatic heterocycles. The largest absolute Gasteiger partial charge is 0.355 e. The van der Waals surface area contributed by atoms with Gasteiger partial charge in [-0.05, 0) is 30.5 Å². The summed E-state index contributed by atoms with van der Waals surface area (Å²) in [5, 5.41) is 7.15. The fraction of sp³-hybridized carbons (Fsp3) is 0.421. The Labute approximate surface area is 165 Å². The molecular formula is C19H26ClN5O2. The van der Waals surface area contributed by atoms with Gasteiger partial charge in [-0.3, -0.25) is 9.59 Å². The van der Waals surface area contributed by atoms with Gasteiger partial charge in [-0.25, -0.2) is 4.68 Å². The third kappa shape index (κ3) is 5.55. The van der Waals surface area contributed by atoms with E-state index in [1.54, 1.807) is 15.8 Å². The summed E-state index contributed by atoms with van der Waals surface area (Å²) >= 11 is 0. The van der Waals surface area contributed by atoms with Crippen molar-refractivity contribution < 1.29 is 9.59 Å². The van der Waals surface area contributed by atoms with E-state index < -0.39 is 0 Å². The lowest BCUT2D eigenvalue weighted by Gasteiger charge is -2.32. The van der Waals surface area contributed by atoms with E-state index in [2.05, 4.69) is 10.4 Å². The normalized spacial score (nSPS) is 16.5. The highest BCUT2D eigenvalue weighted by Crippen LogP contribution is 2.18. The van der Waals surface area contributed by atoms with Gasteiger partial charge >= 0.3 is 0 Å². The summed E-state index contributed by atoms with van der Waals surface area (Å²) in [6.45, 7) is 2.07. The molecule has 1 aliphatic rings. The lowest BCUT2D eigenvalue weighted by molar-refractivity contribution is -0.135. The highest BCUT2D eigenvalue weighted by atomic mass is 35.5. The molecule has 27 heavy (non-hydrogen) atoms. The molecule has 1 saturated heterocycles. The number of piperidine rings is 1. The monoisotopic (exact) mass is 391 g/mol. The predicted molar refractivity (Wildman–Crippen MR) is 106 cm³/mol. The molecule has 0 spiro atoms. The van der Waals surface area contributed by atoms with E-state index in [4.69, 9.17) is 5.73 Å².